The summed E-state index contributed by atoms with van der Waals surface area (Å²) in [6.07, 6.45) is 2.52. The third-order valence-electron chi connectivity index (χ3n) is 4.01. The van der Waals surface area contributed by atoms with Crippen LogP contribution < -0.4 is 5.32 Å². The highest BCUT2D eigenvalue weighted by molar-refractivity contribution is 6.38. The average molecular weight is 438 g/mol. The molecule has 0 atom stereocenters. The van der Waals surface area contributed by atoms with Crippen molar-refractivity contribution < 1.29 is 14.4 Å². The maximum absolute atomic E-state index is 14.6. The Balaban J connectivity index is 2.35. The standard InChI is InChI=1S/C20H19Cl2FN4O2/c1-4-25-19(24)18-15(8-14(21)9-16(18)22)12-5-6-13(17(23)7-12)10-26-20(28)27(29)11(2)3/h5-9,11,24,29H,10H2,1-3H3/p+1. The molecule has 0 unspecified atom stereocenters. The summed E-state index contributed by atoms with van der Waals surface area (Å²) in [6.45, 7) is 4.72. The molecule has 29 heavy (non-hydrogen) atoms. The average Bonchev–Trinajstić information content (AvgIpc) is 2.65. The van der Waals surface area contributed by atoms with E-state index in [-0.39, 0.29) is 23.0 Å². The van der Waals surface area contributed by atoms with Crippen molar-refractivity contribution in [1.82, 2.24) is 10.4 Å². The van der Waals surface area contributed by atoms with Gasteiger partial charge in [0, 0.05) is 27.7 Å². The number of amidine groups is 1. The number of hydroxylamine groups is 2. The lowest BCUT2D eigenvalue weighted by molar-refractivity contribution is -0.0678. The number of rotatable bonds is 5. The Labute approximate surface area is 178 Å². The second kappa shape index (κ2) is 9.76. The van der Waals surface area contributed by atoms with Crippen molar-refractivity contribution in [2.45, 2.75) is 33.4 Å². The molecule has 2 aromatic rings. The van der Waals surface area contributed by atoms with Gasteiger partial charge in [0.05, 0.1) is 18.0 Å². The molecular weight excluding hydrogens is 418 g/mol. The van der Waals surface area contributed by atoms with Crippen LogP contribution in [0.1, 0.15) is 31.9 Å². The van der Waals surface area contributed by atoms with Crippen LogP contribution in [-0.4, -0.2) is 34.4 Å². The predicted molar refractivity (Wildman–Crippen MR) is 113 cm³/mol. The molecule has 0 bridgehead atoms. The van der Waals surface area contributed by atoms with E-state index in [4.69, 9.17) is 28.6 Å². The summed E-state index contributed by atoms with van der Waals surface area (Å²) in [4.78, 5) is 15.6. The Kier molecular flexibility index (Phi) is 7.65. The number of nitrogens with zero attached hydrogens (tertiary/aromatic N) is 2. The largest absolute Gasteiger partial charge is 0.341 e. The number of benzene rings is 2. The van der Waals surface area contributed by atoms with Gasteiger partial charge in [0.25, 0.3) is 0 Å². The van der Waals surface area contributed by atoms with Crippen molar-refractivity contribution in [3.8, 4) is 11.1 Å². The Bertz CT molecular complexity index is 964. The zero-order valence-corrected chi connectivity index (χ0v) is 17.6. The minimum absolute atomic E-state index is 0.108. The molecular formula is C20H20Cl2FN4O2+. The van der Waals surface area contributed by atoms with Gasteiger partial charge in [-0.25, -0.2) is 14.2 Å². The van der Waals surface area contributed by atoms with E-state index in [1.165, 1.54) is 18.2 Å². The van der Waals surface area contributed by atoms with Crippen LogP contribution in [0.5, 0.6) is 0 Å². The van der Waals surface area contributed by atoms with Gasteiger partial charge in [-0.3, -0.25) is 5.21 Å². The van der Waals surface area contributed by atoms with Crippen LogP contribution in [0.15, 0.2) is 35.3 Å². The van der Waals surface area contributed by atoms with Crippen molar-refractivity contribution in [3.05, 3.63) is 57.3 Å². The van der Waals surface area contributed by atoms with Gasteiger partial charge in [-0.2, -0.15) is 5.41 Å². The molecule has 0 heterocycles. The maximum Gasteiger partial charge on any atom is 0.341 e. The van der Waals surface area contributed by atoms with E-state index in [0.29, 0.717) is 26.8 Å². The minimum atomic E-state index is -0.727. The first-order chi connectivity index (χ1) is 13.6. The normalized spacial score (nSPS) is 10.9. The molecule has 3 N–H and O–H groups in total. The molecule has 0 aliphatic carbocycles. The highest BCUT2D eigenvalue weighted by atomic mass is 35.5. The number of aliphatic imine (C=N–C) groups is 1. The molecule has 0 saturated carbocycles. The summed E-state index contributed by atoms with van der Waals surface area (Å²) in [7, 11) is 0. The van der Waals surface area contributed by atoms with Crippen molar-refractivity contribution in [2.75, 3.05) is 0 Å². The molecule has 2 aromatic carbocycles. The number of carbonyl (C=O) groups is 1. The quantitative estimate of drug-likeness (QED) is 0.192. The lowest BCUT2D eigenvalue weighted by Gasteiger charge is -2.19. The fourth-order valence-corrected chi connectivity index (χ4v) is 3.14. The Hall–Kier alpha value is -2.57. The van der Waals surface area contributed by atoms with E-state index >= 15 is 0 Å². The van der Waals surface area contributed by atoms with Crippen LogP contribution in [0.4, 0.5) is 9.18 Å². The number of amides is 2. The van der Waals surface area contributed by atoms with Gasteiger partial charge in [0.15, 0.2) is 6.21 Å². The zero-order valence-electron chi connectivity index (χ0n) is 16.1. The smallest absolute Gasteiger partial charge is 0.332 e. The number of urea groups is 1. The van der Waals surface area contributed by atoms with E-state index < -0.39 is 17.9 Å². The summed E-state index contributed by atoms with van der Waals surface area (Å²) >= 11 is 12.3. The molecule has 0 spiro atoms. The highest BCUT2D eigenvalue weighted by Crippen LogP contribution is 2.34. The topological polar surface area (TPSA) is 88.8 Å². The van der Waals surface area contributed by atoms with E-state index in [0.717, 1.165) is 0 Å². The van der Waals surface area contributed by atoms with Crippen LogP contribution in [0, 0.1) is 11.2 Å². The molecule has 0 saturated heterocycles. The number of hydrogen-bond donors (Lipinski definition) is 3. The molecule has 9 heteroatoms. The van der Waals surface area contributed by atoms with Crippen molar-refractivity contribution in [3.63, 3.8) is 0 Å². The second-order valence-electron chi connectivity index (χ2n) is 6.40. The fraction of sp³-hybridized carbons (Fsp3) is 0.250. The molecule has 0 fully saturated rings. The van der Waals surface area contributed by atoms with Crippen molar-refractivity contribution in [2.24, 2.45) is 4.99 Å². The number of nitrogens with one attached hydrogen (secondary N) is 2. The van der Waals surface area contributed by atoms with Gasteiger partial charge in [0.1, 0.15) is 11.4 Å². The molecule has 0 aliphatic heterocycles. The summed E-state index contributed by atoms with van der Waals surface area (Å²) in [6, 6.07) is 6.31. The lowest BCUT2D eigenvalue weighted by Crippen LogP contribution is -2.41. The highest BCUT2D eigenvalue weighted by Gasteiger charge is 2.22. The van der Waals surface area contributed by atoms with Gasteiger partial charge in [-0.15, -0.1) is 0 Å². The molecule has 2 amide bonds. The Morgan fingerprint density at radius 2 is 2.03 bits per heavy atom. The first kappa shape index (κ1) is 22.7. The Morgan fingerprint density at radius 3 is 2.62 bits per heavy atom. The summed E-state index contributed by atoms with van der Waals surface area (Å²) < 4.78 is 14.6. The van der Waals surface area contributed by atoms with Crippen molar-refractivity contribution in [1.29, 1.82) is 5.41 Å². The maximum atomic E-state index is 14.6. The van der Waals surface area contributed by atoms with Gasteiger partial charge >= 0.3 is 11.9 Å². The van der Waals surface area contributed by atoms with E-state index in [1.54, 1.807) is 32.9 Å². The van der Waals surface area contributed by atoms with E-state index in [1.807, 2.05) is 0 Å². The molecule has 6 nitrogen and oxygen atoms in total. The Morgan fingerprint density at radius 1 is 1.34 bits per heavy atom. The number of carbonyl (C=O) groups excluding carboxylic acids is 1. The third kappa shape index (κ3) is 5.49. The third-order valence-corrected chi connectivity index (χ3v) is 4.52. The second-order valence-corrected chi connectivity index (χ2v) is 7.24. The van der Waals surface area contributed by atoms with Gasteiger partial charge < -0.3 is 5.32 Å². The van der Waals surface area contributed by atoms with Crippen molar-refractivity contribution >= 4 is 41.3 Å². The molecule has 152 valence electrons. The van der Waals surface area contributed by atoms with E-state index in [9.17, 15) is 14.4 Å². The minimum Gasteiger partial charge on any atom is -0.332 e. The summed E-state index contributed by atoms with van der Waals surface area (Å²) in [5.74, 6) is -0.700. The SMILES string of the molecule is C[C+]=NC(=N)c1c(Cl)cc(Cl)cc1-c1ccc(CNC(=O)N(O)C(C)C)c(F)c1. The summed E-state index contributed by atoms with van der Waals surface area (Å²) in [5.41, 5.74) is 1.42. The molecule has 0 radical (unpaired) electrons. The summed E-state index contributed by atoms with van der Waals surface area (Å²) in [5, 5.41) is 21.2. The first-order valence-corrected chi connectivity index (χ1v) is 9.41. The van der Waals surface area contributed by atoms with Gasteiger partial charge in [-0.05, 0) is 37.6 Å². The van der Waals surface area contributed by atoms with E-state index in [2.05, 4.69) is 16.5 Å². The molecule has 0 aromatic heterocycles. The zero-order chi connectivity index (χ0) is 21.7. The molecule has 2 rings (SSSR count). The van der Waals surface area contributed by atoms with Crippen LogP contribution in [0.2, 0.25) is 10.0 Å². The van der Waals surface area contributed by atoms with Gasteiger partial charge in [-0.1, -0.05) is 35.3 Å². The number of halogens is 3. The lowest BCUT2D eigenvalue weighted by atomic mass is 9.97. The molecule has 0 aliphatic rings. The first-order valence-electron chi connectivity index (χ1n) is 8.65. The van der Waals surface area contributed by atoms with Crippen LogP contribution in [0.3, 0.4) is 0 Å². The monoisotopic (exact) mass is 437 g/mol. The van der Waals surface area contributed by atoms with Crippen LogP contribution >= 0.6 is 23.2 Å². The predicted octanol–water partition coefficient (Wildman–Crippen LogP) is 5.40. The number of hydrogen-bond acceptors (Lipinski definition) is 3. The van der Waals surface area contributed by atoms with Crippen LogP contribution in [-0.2, 0) is 6.54 Å². The van der Waals surface area contributed by atoms with Crippen LogP contribution in [0.25, 0.3) is 11.1 Å². The van der Waals surface area contributed by atoms with Gasteiger partial charge in [0.2, 0.25) is 0 Å². The fourth-order valence-electron chi connectivity index (χ4n) is 2.55.